The third-order valence-electron chi connectivity index (χ3n) is 2.78. The lowest BCUT2D eigenvalue weighted by molar-refractivity contribution is 0.647. The second kappa shape index (κ2) is 7.03. The number of nitrogens with zero attached hydrogens (tertiary/aromatic N) is 2. The van der Waals surface area contributed by atoms with Gasteiger partial charge in [-0.3, -0.25) is 0 Å². The van der Waals surface area contributed by atoms with E-state index in [1.807, 2.05) is 0 Å². The number of hydrogen-bond acceptors (Lipinski definition) is 5. The van der Waals surface area contributed by atoms with Crippen molar-refractivity contribution >= 4 is 23.1 Å². The molecular weight excluding hydrogens is 274 g/mol. The molecule has 0 amide bonds. The van der Waals surface area contributed by atoms with Gasteiger partial charge in [0.1, 0.15) is 5.51 Å². The molecule has 0 aliphatic carbocycles. The maximum atomic E-state index is 6.20. The summed E-state index contributed by atoms with van der Waals surface area (Å²) in [6, 6.07) is 8.70. The van der Waals surface area contributed by atoms with Crippen molar-refractivity contribution in [2.75, 3.05) is 5.75 Å². The molecule has 0 saturated heterocycles. The second-order valence-corrected chi connectivity index (χ2v) is 7.06. The Morgan fingerprint density at radius 3 is 2.58 bits per heavy atom. The van der Waals surface area contributed by atoms with E-state index >= 15 is 0 Å². The van der Waals surface area contributed by atoms with E-state index in [2.05, 4.69) is 48.3 Å². The average Bonchev–Trinajstić information content (AvgIpc) is 2.89. The van der Waals surface area contributed by atoms with Crippen molar-refractivity contribution in [1.29, 1.82) is 0 Å². The van der Waals surface area contributed by atoms with Crippen LogP contribution in [0, 0.1) is 5.92 Å². The highest BCUT2D eigenvalue weighted by atomic mass is 32.2. The Balaban J connectivity index is 1.90. The molecular formula is C14H19N3S2. The first kappa shape index (κ1) is 14.5. The highest BCUT2D eigenvalue weighted by Crippen LogP contribution is 2.24. The zero-order valence-electron chi connectivity index (χ0n) is 11.2. The highest BCUT2D eigenvalue weighted by molar-refractivity contribution is 8.01. The van der Waals surface area contributed by atoms with Gasteiger partial charge in [0, 0.05) is 11.8 Å². The van der Waals surface area contributed by atoms with Crippen LogP contribution in [0.25, 0.3) is 0 Å². The molecule has 0 bridgehead atoms. The molecule has 3 nitrogen and oxygen atoms in total. The number of hydrogen-bond donors (Lipinski definition) is 1. The van der Waals surface area contributed by atoms with Gasteiger partial charge in [0.25, 0.3) is 0 Å². The predicted molar refractivity (Wildman–Crippen MR) is 82.5 cm³/mol. The SMILES string of the molecule is CC(C)Cc1ccc(C(N)CSc2nncs2)cc1. The molecule has 2 rings (SSSR count). The molecule has 0 aliphatic heterocycles. The summed E-state index contributed by atoms with van der Waals surface area (Å²) in [4.78, 5) is 0. The van der Waals surface area contributed by atoms with E-state index in [1.54, 1.807) is 28.6 Å². The van der Waals surface area contributed by atoms with Crippen LogP contribution in [0.15, 0.2) is 34.1 Å². The van der Waals surface area contributed by atoms with Gasteiger partial charge in [-0.15, -0.1) is 10.2 Å². The predicted octanol–water partition coefficient (Wildman–Crippen LogP) is 3.53. The van der Waals surface area contributed by atoms with Crippen molar-refractivity contribution in [2.45, 2.75) is 30.6 Å². The van der Waals surface area contributed by atoms with Crippen LogP contribution in [0.3, 0.4) is 0 Å². The van der Waals surface area contributed by atoms with Crippen molar-refractivity contribution in [3.05, 3.63) is 40.9 Å². The van der Waals surface area contributed by atoms with Crippen LogP contribution in [-0.2, 0) is 6.42 Å². The molecule has 0 saturated carbocycles. The van der Waals surface area contributed by atoms with Gasteiger partial charge < -0.3 is 5.73 Å². The largest absolute Gasteiger partial charge is 0.323 e. The molecule has 1 atom stereocenters. The zero-order valence-corrected chi connectivity index (χ0v) is 12.9. The Bertz CT molecular complexity index is 480. The van der Waals surface area contributed by atoms with Crippen molar-refractivity contribution in [2.24, 2.45) is 11.7 Å². The van der Waals surface area contributed by atoms with E-state index in [4.69, 9.17) is 5.73 Å². The first-order valence-corrected chi connectivity index (χ1v) is 8.25. The first-order chi connectivity index (χ1) is 9.15. The maximum absolute atomic E-state index is 6.20. The maximum Gasteiger partial charge on any atom is 0.174 e. The minimum absolute atomic E-state index is 0.0435. The standard InChI is InChI=1S/C14H19N3S2/c1-10(2)7-11-3-5-12(6-4-11)13(15)8-18-14-17-16-9-19-14/h3-6,9-10,13H,7-8,15H2,1-2H3. The fourth-order valence-corrected chi connectivity index (χ4v) is 3.36. The van der Waals surface area contributed by atoms with Crippen LogP contribution in [0.1, 0.15) is 31.0 Å². The molecule has 5 heteroatoms. The number of benzene rings is 1. The van der Waals surface area contributed by atoms with Gasteiger partial charge in [-0.25, -0.2) is 0 Å². The van der Waals surface area contributed by atoms with Crippen molar-refractivity contribution in [3.63, 3.8) is 0 Å². The molecule has 19 heavy (non-hydrogen) atoms. The molecule has 0 fully saturated rings. The lowest BCUT2D eigenvalue weighted by Crippen LogP contribution is -2.13. The summed E-state index contributed by atoms with van der Waals surface area (Å²) < 4.78 is 0.979. The third-order valence-corrected chi connectivity index (χ3v) is 4.76. The van der Waals surface area contributed by atoms with Crippen LogP contribution < -0.4 is 5.73 Å². The summed E-state index contributed by atoms with van der Waals surface area (Å²) in [5, 5.41) is 7.82. The van der Waals surface area contributed by atoms with E-state index in [0.717, 1.165) is 16.5 Å². The molecule has 1 unspecified atom stereocenters. The number of rotatable bonds is 6. The molecule has 2 N–H and O–H groups in total. The Hall–Kier alpha value is -0.910. The summed E-state index contributed by atoms with van der Waals surface area (Å²) in [5.41, 5.74) is 10.5. The fraction of sp³-hybridized carbons (Fsp3) is 0.429. The Kier molecular flexibility index (Phi) is 5.36. The molecule has 1 aromatic carbocycles. The van der Waals surface area contributed by atoms with Gasteiger partial charge in [0.05, 0.1) is 0 Å². The fourth-order valence-electron chi connectivity index (χ4n) is 1.86. The van der Waals surface area contributed by atoms with Gasteiger partial charge in [0.2, 0.25) is 0 Å². The monoisotopic (exact) mass is 293 g/mol. The third kappa shape index (κ3) is 4.60. The summed E-state index contributed by atoms with van der Waals surface area (Å²) in [6.07, 6.45) is 1.12. The van der Waals surface area contributed by atoms with Crippen LogP contribution in [0.2, 0.25) is 0 Å². The molecule has 2 aromatic rings. The minimum atomic E-state index is 0.0435. The molecule has 102 valence electrons. The second-order valence-electron chi connectivity index (χ2n) is 4.96. The number of thioether (sulfide) groups is 1. The van der Waals surface area contributed by atoms with Crippen LogP contribution >= 0.6 is 23.1 Å². The summed E-state index contributed by atoms with van der Waals surface area (Å²) >= 11 is 3.22. The Morgan fingerprint density at radius 1 is 1.26 bits per heavy atom. The van der Waals surface area contributed by atoms with E-state index in [0.29, 0.717) is 5.92 Å². The molecule has 1 aromatic heterocycles. The summed E-state index contributed by atoms with van der Waals surface area (Å²) in [7, 11) is 0. The zero-order chi connectivity index (χ0) is 13.7. The van der Waals surface area contributed by atoms with E-state index in [9.17, 15) is 0 Å². The van der Waals surface area contributed by atoms with E-state index < -0.39 is 0 Å². The van der Waals surface area contributed by atoms with E-state index in [-0.39, 0.29) is 6.04 Å². The van der Waals surface area contributed by atoms with Gasteiger partial charge >= 0.3 is 0 Å². The van der Waals surface area contributed by atoms with Crippen LogP contribution in [-0.4, -0.2) is 16.0 Å². The molecule has 0 aliphatic rings. The Morgan fingerprint density at radius 2 is 2.00 bits per heavy atom. The lowest BCUT2D eigenvalue weighted by Gasteiger charge is -2.12. The Labute approximate surface area is 122 Å². The lowest BCUT2D eigenvalue weighted by atomic mass is 10.0. The van der Waals surface area contributed by atoms with Crippen molar-refractivity contribution in [3.8, 4) is 0 Å². The van der Waals surface area contributed by atoms with Gasteiger partial charge in [0.15, 0.2) is 4.34 Å². The van der Waals surface area contributed by atoms with Crippen LogP contribution in [0.5, 0.6) is 0 Å². The van der Waals surface area contributed by atoms with Crippen molar-refractivity contribution in [1.82, 2.24) is 10.2 Å². The van der Waals surface area contributed by atoms with Gasteiger partial charge in [-0.1, -0.05) is 61.2 Å². The average molecular weight is 293 g/mol. The molecule has 0 spiro atoms. The molecule has 1 heterocycles. The minimum Gasteiger partial charge on any atom is -0.323 e. The van der Waals surface area contributed by atoms with E-state index in [1.165, 1.54) is 11.1 Å². The summed E-state index contributed by atoms with van der Waals surface area (Å²) in [5.74, 6) is 1.52. The quantitative estimate of drug-likeness (QED) is 0.828. The van der Waals surface area contributed by atoms with Gasteiger partial charge in [-0.2, -0.15) is 0 Å². The van der Waals surface area contributed by atoms with Crippen molar-refractivity contribution < 1.29 is 0 Å². The molecule has 0 radical (unpaired) electrons. The smallest absolute Gasteiger partial charge is 0.174 e. The topological polar surface area (TPSA) is 51.8 Å². The first-order valence-electron chi connectivity index (χ1n) is 6.38. The normalized spacial score (nSPS) is 12.8. The number of aromatic nitrogens is 2. The highest BCUT2D eigenvalue weighted by Gasteiger charge is 2.08. The van der Waals surface area contributed by atoms with Gasteiger partial charge in [-0.05, 0) is 23.5 Å². The van der Waals surface area contributed by atoms with Crippen LogP contribution in [0.4, 0.5) is 0 Å². The number of nitrogens with two attached hydrogens (primary N) is 1. The summed E-state index contributed by atoms with van der Waals surface area (Å²) in [6.45, 7) is 4.47.